The van der Waals surface area contributed by atoms with Crippen LogP contribution < -0.4 is 4.13 Å². The molecule has 1 N–H and O–H groups in total. The Morgan fingerprint density at radius 2 is 1.56 bits per heavy atom. The molecule has 4 aliphatic rings. The molecule has 0 heterocycles. The molecule has 1 aromatic carbocycles. The Kier molecular flexibility index (Phi) is 5.74. The predicted octanol–water partition coefficient (Wildman–Crippen LogP) is 3.29. The first-order valence-electron chi connectivity index (χ1n) is 10.4. The molecular weight excluding hydrogens is 464 g/mol. The van der Waals surface area contributed by atoms with E-state index in [1.165, 1.54) is 18.2 Å². The summed E-state index contributed by atoms with van der Waals surface area (Å²) >= 11 is 0. The fraction of sp³-hybridized carbons (Fsp3) is 0.571. The third-order valence-corrected chi connectivity index (χ3v) is 10.4. The van der Waals surface area contributed by atoms with Crippen LogP contribution in [0, 0.1) is 23.2 Å². The molecule has 0 radical (unpaired) electrons. The molecule has 32 heavy (non-hydrogen) atoms. The molecule has 4 fully saturated rings. The highest BCUT2D eigenvalue weighted by Gasteiger charge is 2.58. The van der Waals surface area contributed by atoms with E-state index in [0.717, 1.165) is 54.8 Å². The molecule has 1 aromatic rings. The highest BCUT2D eigenvalue weighted by molar-refractivity contribution is 8.05. The zero-order valence-corrected chi connectivity index (χ0v) is 18.9. The van der Waals surface area contributed by atoms with Crippen LogP contribution in [0.4, 0.5) is 8.78 Å². The van der Waals surface area contributed by atoms with E-state index in [2.05, 4.69) is 6.58 Å². The van der Waals surface area contributed by atoms with Gasteiger partial charge < -0.3 is 4.74 Å². The van der Waals surface area contributed by atoms with Crippen molar-refractivity contribution < 1.29 is 35.1 Å². The molecule has 5 rings (SSSR count). The van der Waals surface area contributed by atoms with E-state index >= 15 is 0 Å². The first-order valence-corrected chi connectivity index (χ1v) is 13.4. The number of sulfonamides is 2. The lowest BCUT2D eigenvalue weighted by Crippen LogP contribution is -2.51. The molecule has 7 nitrogen and oxygen atoms in total. The topological polar surface area (TPSA) is 107 Å². The van der Waals surface area contributed by atoms with Crippen molar-refractivity contribution in [2.24, 2.45) is 23.2 Å². The lowest BCUT2D eigenvalue weighted by molar-refractivity contribution is -0.171. The van der Waals surface area contributed by atoms with Gasteiger partial charge in [-0.2, -0.15) is 8.78 Å². The molecule has 0 atom stereocenters. The van der Waals surface area contributed by atoms with Gasteiger partial charge in [-0.1, -0.05) is 28.9 Å². The lowest BCUT2D eigenvalue weighted by Gasteiger charge is -2.56. The molecule has 4 bridgehead atoms. The molecule has 0 aliphatic heterocycles. The number of hydrogen-bond donors (Lipinski definition) is 1. The summed E-state index contributed by atoms with van der Waals surface area (Å²) in [7, 11) is -10.8. The maximum atomic E-state index is 14.5. The minimum atomic E-state index is -5.92. The number of benzene rings is 1. The number of hydrogen-bond acceptors (Lipinski definition) is 6. The summed E-state index contributed by atoms with van der Waals surface area (Å²) in [5.74, 6) is -0.798. The molecule has 4 aliphatic carbocycles. The number of nitrogens with one attached hydrogen (secondary N) is 1. The molecular formula is C21H25F2NO6S2. The van der Waals surface area contributed by atoms with Crippen molar-refractivity contribution >= 4 is 32.1 Å². The van der Waals surface area contributed by atoms with Gasteiger partial charge in [0.2, 0.25) is 0 Å². The van der Waals surface area contributed by atoms with Gasteiger partial charge >= 0.3 is 21.2 Å². The predicted molar refractivity (Wildman–Crippen MR) is 112 cm³/mol. The van der Waals surface area contributed by atoms with Crippen molar-refractivity contribution in [2.45, 2.75) is 48.7 Å². The van der Waals surface area contributed by atoms with Crippen molar-refractivity contribution in [2.75, 3.05) is 6.61 Å². The third kappa shape index (κ3) is 4.22. The zero-order valence-electron chi connectivity index (χ0n) is 17.3. The number of carbonyl (C=O) groups excluding carboxylic acids is 1. The quantitative estimate of drug-likeness (QED) is 0.562. The summed E-state index contributed by atoms with van der Waals surface area (Å²) < 4.78 is 83.8. The third-order valence-electron chi connectivity index (χ3n) is 6.90. The highest BCUT2D eigenvalue weighted by Crippen LogP contribution is 2.60. The van der Waals surface area contributed by atoms with Gasteiger partial charge in [-0.05, 0) is 74.0 Å². The maximum absolute atomic E-state index is 14.5. The summed E-state index contributed by atoms with van der Waals surface area (Å²) in [6, 6.07) is 4.73. The largest absolute Gasteiger partial charge is 0.460 e. The Bertz CT molecular complexity index is 1090. The van der Waals surface area contributed by atoms with Crippen LogP contribution in [0.1, 0.15) is 44.1 Å². The molecule has 4 saturated carbocycles. The maximum Gasteiger partial charge on any atom is 0.455 e. The standard InChI is InChI=1S/C21H25F2NO6S2/c1-2-14-3-5-18(6-4-14)31(26,27)24-32(28,29)21(22,23)19(25)30-13-20-10-15-7-16(11-20)9-17(8-15)12-20/h2-6,15-17,24H,1,7-13H2. The lowest BCUT2D eigenvalue weighted by atomic mass is 9.50. The van der Waals surface area contributed by atoms with Crippen molar-refractivity contribution in [1.29, 1.82) is 0 Å². The van der Waals surface area contributed by atoms with E-state index in [-0.39, 0.29) is 6.61 Å². The Morgan fingerprint density at radius 1 is 1.06 bits per heavy atom. The monoisotopic (exact) mass is 489 g/mol. The normalized spacial score (nSPS) is 29.6. The highest BCUT2D eigenvalue weighted by atomic mass is 32.3. The number of esters is 1. The molecule has 176 valence electrons. The minimum absolute atomic E-state index is 0.282. The number of alkyl halides is 2. The van der Waals surface area contributed by atoms with Gasteiger partial charge in [0.25, 0.3) is 10.0 Å². The van der Waals surface area contributed by atoms with Gasteiger partial charge in [-0.3, -0.25) is 0 Å². The Balaban J connectivity index is 1.45. The van der Waals surface area contributed by atoms with Crippen molar-refractivity contribution in [3.8, 4) is 0 Å². The first kappa shape index (κ1) is 23.3. The van der Waals surface area contributed by atoms with E-state index in [4.69, 9.17) is 4.74 Å². The van der Waals surface area contributed by atoms with Gasteiger partial charge in [0, 0.05) is 5.41 Å². The average Bonchev–Trinajstić information content (AvgIpc) is 2.70. The Labute approximate surface area is 186 Å². The molecule has 0 spiro atoms. The van der Waals surface area contributed by atoms with Crippen molar-refractivity contribution in [3.05, 3.63) is 36.4 Å². The van der Waals surface area contributed by atoms with Crippen LogP contribution in [-0.4, -0.2) is 34.7 Å². The van der Waals surface area contributed by atoms with Crippen LogP contribution in [-0.2, 0) is 29.6 Å². The summed E-state index contributed by atoms with van der Waals surface area (Å²) in [5, 5.41) is -5.07. The summed E-state index contributed by atoms with van der Waals surface area (Å²) in [4.78, 5) is 11.6. The molecule has 11 heteroatoms. The summed E-state index contributed by atoms with van der Waals surface area (Å²) in [5.41, 5.74) is 0.154. The van der Waals surface area contributed by atoms with E-state index < -0.39 is 41.6 Å². The number of ether oxygens (including phenoxy) is 1. The van der Waals surface area contributed by atoms with Crippen LogP contribution in [0.3, 0.4) is 0 Å². The number of carbonyl (C=O) groups is 1. The fourth-order valence-electron chi connectivity index (χ4n) is 5.91. The molecule has 0 aromatic heterocycles. The average molecular weight is 490 g/mol. The van der Waals surface area contributed by atoms with Gasteiger partial charge in [0.05, 0.1) is 11.5 Å². The SMILES string of the molecule is C=Cc1ccc(S(=O)(=O)NS(=O)(=O)C(F)(F)C(=O)OCC23CC4CC(CC(C4)C2)C3)cc1. The van der Waals surface area contributed by atoms with E-state index in [1.54, 1.807) is 0 Å². The second-order valence-electron chi connectivity index (χ2n) is 9.37. The second-order valence-corrected chi connectivity index (χ2v) is 13.0. The minimum Gasteiger partial charge on any atom is -0.460 e. The van der Waals surface area contributed by atoms with E-state index in [9.17, 15) is 30.4 Å². The fourth-order valence-corrected chi connectivity index (χ4v) is 8.64. The summed E-state index contributed by atoms with van der Waals surface area (Å²) in [6.45, 7) is 3.22. The first-order chi connectivity index (χ1) is 14.9. The molecule has 0 amide bonds. The smallest absolute Gasteiger partial charge is 0.455 e. The Hall–Kier alpha value is -1.85. The van der Waals surface area contributed by atoms with Crippen LogP contribution in [0.5, 0.6) is 0 Å². The summed E-state index contributed by atoms with van der Waals surface area (Å²) in [6.07, 6.45) is 7.07. The van der Waals surface area contributed by atoms with Crippen LogP contribution in [0.25, 0.3) is 6.08 Å². The second kappa shape index (κ2) is 7.88. The van der Waals surface area contributed by atoms with Crippen molar-refractivity contribution in [1.82, 2.24) is 4.13 Å². The number of rotatable bonds is 8. The van der Waals surface area contributed by atoms with E-state index in [0.29, 0.717) is 23.3 Å². The van der Waals surface area contributed by atoms with E-state index in [1.807, 2.05) is 0 Å². The van der Waals surface area contributed by atoms with Crippen LogP contribution >= 0.6 is 0 Å². The van der Waals surface area contributed by atoms with Crippen molar-refractivity contribution in [3.63, 3.8) is 0 Å². The van der Waals surface area contributed by atoms with Gasteiger partial charge in [-0.15, -0.1) is 0 Å². The van der Waals surface area contributed by atoms with Crippen LogP contribution in [0.15, 0.2) is 35.7 Å². The number of halogens is 2. The van der Waals surface area contributed by atoms with Crippen LogP contribution in [0.2, 0.25) is 0 Å². The van der Waals surface area contributed by atoms with Gasteiger partial charge in [-0.25, -0.2) is 21.6 Å². The van der Waals surface area contributed by atoms with Gasteiger partial charge in [0.15, 0.2) is 0 Å². The zero-order chi connectivity index (χ0) is 23.4. The Morgan fingerprint density at radius 3 is 2.03 bits per heavy atom. The van der Waals surface area contributed by atoms with Gasteiger partial charge in [0.1, 0.15) is 0 Å². The molecule has 0 unspecified atom stereocenters. The molecule has 0 saturated heterocycles.